The Morgan fingerprint density at radius 2 is 1.57 bits per heavy atom. The fourth-order valence-electron chi connectivity index (χ4n) is 2.59. The molecule has 0 aliphatic carbocycles. The van der Waals surface area contributed by atoms with Crippen molar-refractivity contribution < 1.29 is 14.4 Å². The fourth-order valence-corrected chi connectivity index (χ4v) is 4.14. The number of hydroxylamine groups is 1. The van der Waals surface area contributed by atoms with E-state index >= 15 is 0 Å². The van der Waals surface area contributed by atoms with Crippen molar-refractivity contribution in [2.75, 3.05) is 12.5 Å². The number of benzene rings is 2. The van der Waals surface area contributed by atoms with Gasteiger partial charge < -0.3 is 4.84 Å². The summed E-state index contributed by atoms with van der Waals surface area (Å²) in [5.74, 6) is -0.547. The molecule has 0 bridgehead atoms. The van der Waals surface area contributed by atoms with Crippen LogP contribution < -0.4 is 5.48 Å². The quantitative estimate of drug-likeness (QED) is 0.367. The smallest absolute Gasteiger partial charge is 0.330 e. The molecule has 2 aromatic rings. The Hall–Kier alpha value is -1.76. The lowest BCUT2D eigenvalue weighted by molar-refractivity contribution is -0.162. The van der Waals surface area contributed by atoms with E-state index in [-0.39, 0.29) is 5.78 Å². The first-order valence-corrected chi connectivity index (χ1v) is 11.4. The van der Waals surface area contributed by atoms with Crippen LogP contribution in [0.3, 0.4) is 0 Å². The minimum atomic E-state index is -0.777. The SMILES string of the molecule is CSc1cc(C)c(C(=O)C(NOC(=O)C(C)(C)C)c2ccccc2)cc1SC. The van der Waals surface area contributed by atoms with Crippen LogP contribution in [0.2, 0.25) is 0 Å². The lowest BCUT2D eigenvalue weighted by atomic mass is 9.95. The number of hydrogen-bond acceptors (Lipinski definition) is 6. The standard InChI is InChI=1S/C22H27NO3S2/c1-14-12-17(27-5)18(28-6)13-16(14)20(24)19(15-10-8-7-9-11-15)23-26-21(25)22(2,3)4/h7-13,19,23H,1-6H3. The van der Waals surface area contributed by atoms with Gasteiger partial charge in [-0.1, -0.05) is 30.3 Å². The fraction of sp³-hybridized carbons (Fsp3) is 0.364. The van der Waals surface area contributed by atoms with Gasteiger partial charge >= 0.3 is 5.97 Å². The van der Waals surface area contributed by atoms with E-state index in [4.69, 9.17) is 4.84 Å². The Balaban J connectivity index is 2.41. The van der Waals surface area contributed by atoms with Gasteiger partial charge in [0.1, 0.15) is 6.04 Å². The number of hydrogen-bond donors (Lipinski definition) is 1. The molecule has 28 heavy (non-hydrogen) atoms. The Morgan fingerprint density at radius 1 is 1.00 bits per heavy atom. The molecule has 0 heterocycles. The van der Waals surface area contributed by atoms with E-state index in [1.54, 1.807) is 44.3 Å². The van der Waals surface area contributed by atoms with Crippen LogP contribution in [-0.2, 0) is 9.63 Å². The van der Waals surface area contributed by atoms with Crippen molar-refractivity contribution in [3.05, 3.63) is 59.2 Å². The Labute approximate surface area is 175 Å². The minimum Gasteiger partial charge on any atom is -0.369 e. The summed E-state index contributed by atoms with van der Waals surface area (Å²) in [6, 6.07) is 12.5. The summed E-state index contributed by atoms with van der Waals surface area (Å²) >= 11 is 3.27. The van der Waals surface area contributed by atoms with Crippen molar-refractivity contribution in [1.82, 2.24) is 5.48 Å². The lowest BCUT2D eigenvalue weighted by Gasteiger charge is -2.22. The molecule has 4 nitrogen and oxygen atoms in total. The second kappa shape index (κ2) is 9.63. The molecule has 2 aromatic carbocycles. The van der Waals surface area contributed by atoms with Crippen LogP contribution in [0, 0.1) is 12.3 Å². The van der Waals surface area contributed by atoms with Crippen LogP contribution in [0.4, 0.5) is 0 Å². The van der Waals surface area contributed by atoms with E-state index in [1.807, 2.05) is 61.9 Å². The van der Waals surface area contributed by atoms with E-state index < -0.39 is 17.4 Å². The van der Waals surface area contributed by atoms with Gasteiger partial charge in [0, 0.05) is 15.4 Å². The molecule has 6 heteroatoms. The summed E-state index contributed by atoms with van der Waals surface area (Å²) in [5, 5.41) is 0. The van der Waals surface area contributed by atoms with E-state index in [2.05, 4.69) is 5.48 Å². The third-order valence-corrected chi connectivity index (χ3v) is 5.96. The van der Waals surface area contributed by atoms with Gasteiger partial charge in [0.15, 0.2) is 5.78 Å². The number of ketones is 1. The van der Waals surface area contributed by atoms with E-state index in [0.29, 0.717) is 5.56 Å². The van der Waals surface area contributed by atoms with Crippen LogP contribution in [0.5, 0.6) is 0 Å². The van der Waals surface area contributed by atoms with Gasteiger partial charge in [-0.15, -0.1) is 29.0 Å². The highest BCUT2D eigenvalue weighted by molar-refractivity contribution is 8.01. The van der Waals surface area contributed by atoms with Gasteiger partial charge in [-0.3, -0.25) is 4.79 Å². The number of nitrogens with one attached hydrogen (secondary N) is 1. The maximum Gasteiger partial charge on any atom is 0.330 e. The van der Waals surface area contributed by atoms with Crippen LogP contribution in [-0.4, -0.2) is 24.3 Å². The molecule has 0 fully saturated rings. The molecule has 0 aromatic heterocycles. The van der Waals surface area contributed by atoms with Gasteiger partial charge in [0.2, 0.25) is 0 Å². The zero-order valence-corrected chi connectivity index (χ0v) is 18.8. The van der Waals surface area contributed by atoms with Gasteiger partial charge in [0.25, 0.3) is 0 Å². The first-order valence-electron chi connectivity index (χ1n) is 8.97. The van der Waals surface area contributed by atoms with E-state index in [1.165, 1.54) is 0 Å². The largest absolute Gasteiger partial charge is 0.369 e. The average Bonchev–Trinajstić information content (AvgIpc) is 2.67. The van der Waals surface area contributed by atoms with Crippen LogP contribution in [0.1, 0.15) is 48.3 Å². The first-order chi connectivity index (χ1) is 13.2. The highest BCUT2D eigenvalue weighted by atomic mass is 32.2. The maximum atomic E-state index is 13.4. The van der Waals surface area contributed by atoms with Gasteiger partial charge in [-0.25, -0.2) is 4.79 Å². The summed E-state index contributed by atoms with van der Waals surface area (Å²) in [5.41, 5.74) is 4.32. The Kier molecular flexibility index (Phi) is 7.75. The molecule has 2 rings (SSSR count). The van der Waals surface area contributed by atoms with Crippen LogP contribution >= 0.6 is 23.5 Å². The normalized spacial score (nSPS) is 12.5. The molecule has 0 radical (unpaired) electrons. The van der Waals surface area contributed by atoms with Crippen molar-refractivity contribution in [3.63, 3.8) is 0 Å². The molecule has 150 valence electrons. The molecule has 0 saturated heterocycles. The van der Waals surface area contributed by atoms with Crippen molar-refractivity contribution in [2.45, 2.75) is 43.5 Å². The van der Waals surface area contributed by atoms with Gasteiger partial charge in [-0.05, 0) is 63.5 Å². The molecular weight excluding hydrogens is 390 g/mol. The summed E-state index contributed by atoms with van der Waals surface area (Å²) < 4.78 is 0. The van der Waals surface area contributed by atoms with E-state index in [0.717, 1.165) is 20.9 Å². The van der Waals surface area contributed by atoms with E-state index in [9.17, 15) is 9.59 Å². The predicted octanol–water partition coefficient (Wildman–Crippen LogP) is 5.46. The molecule has 0 saturated carbocycles. The molecular formula is C22H27NO3S2. The monoisotopic (exact) mass is 417 g/mol. The third-order valence-electron chi connectivity index (χ3n) is 4.27. The summed E-state index contributed by atoms with van der Waals surface area (Å²) in [7, 11) is 0. The summed E-state index contributed by atoms with van der Waals surface area (Å²) in [4.78, 5) is 33.1. The third kappa shape index (κ3) is 5.40. The Bertz CT molecular complexity index is 845. The summed E-state index contributed by atoms with van der Waals surface area (Å²) in [6.07, 6.45) is 4.02. The first kappa shape index (κ1) is 22.5. The molecule has 1 unspecified atom stereocenters. The van der Waals surface area contributed by atoms with Crippen molar-refractivity contribution in [1.29, 1.82) is 0 Å². The molecule has 0 aliphatic rings. The number of carbonyl (C=O) groups excluding carboxylic acids is 2. The molecule has 0 aliphatic heterocycles. The molecule has 0 spiro atoms. The minimum absolute atomic E-state index is 0.131. The van der Waals surface area contributed by atoms with Crippen molar-refractivity contribution in [3.8, 4) is 0 Å². The number of carbonyl (C=O) groups is 2. The average molecular weight is 418 g/mol. The number of thioether (sulfide) groups is 2. The lowest BCUT2D eigenvalue weighted by Crippen LogP contribution is -2.35. The highest BCUT2D eigenvalue weighted by Crippen LogP contribution is 2.32. The molecule has 0 amide bonds. The predicted molar refractivity (Wildman–Crippen MR) is 117 cm³/mol. The van der Waals surface area contributed by atoms with Gasteiger partial charge in [0.05, 0.1) is 5.41 Å². The second-order valence-electron chi connectivity index (χ2n) is 7.49. The van der Waals surface area contributed by atoms with Crippen LogP contribution in [0.15, 0.2) is 52.3 Å². The van der Waals surface area contributed by atoms with Crippen molar-refractivity contribution >= 4 is 35.3 Å². The topological polar surface area (TPSA) is 55.4 Å². The molecule has 1 N–H and O–H groups in total. The highest BCUT2D eigenvalue weighted by Gasteiger charge is 2.29. The Morgan fingerprint density at radius 3 is 2.11 bits per heavy atom. The summed E-state index contributed by atoms with van der Waals surface area (Å²) in [6.45, 7) is 7.24. The van der Waals surface area contributed by atoms with Crippen LogP contribution in [0.25, 0.3) is 0 Å². The number of rotatable bonds is 7. The number of Topliss-reactive ketones (excluding diaryl/α,β-unsaturated/α-hetero) is 1. The maximum absolute atomic E-state index is 13.4. The van der Waals surface area contributed by atoms with Crippen molar-refractivity contribution in [2.24, 2.45) is 5.41 Å². The number of aryl methyl sites for hydroxylation is 1. The second-order valence-corrected chi connectivity index (χ2v) is 9.18. The molecule has 1 atom stereocenters. The van der Waals surface area contributed by atoms with Gasteiger partial charge in [-0.2, -0.15) is 0 Å². The zero-order valence-electron chi connectivity index (χ0n) is 17.2. The zero-order chi connectivity index (χ0) is 20.9.